The Morgan fingerprint density at radius 1 is 1.50 bits per heavy atom. The maximum absolute atomic E-state index is 8.79. The zero-order valence-corrected chi connectivity index (χ0v) is 8.47. The van der Waals surface area contributed by atoms with E-state index in [1.54, 1.807) is 24.8 Å². The van der Waals surface area contributed by atoms with Gasteiger partial charge in [0.05, 0.1) is 23.8 Å². The number of nitrogens with two attached hydrogens (primary N) is 1. The van der Waals surface area contributed by atoms with Gasteiger partial charge < -0.3 is 15.5 Å². The summed E-state index contributed by atoms with van der Waals surface area (Å²) in [5.41, 5.74) is 7.54. The van der Waals surface area contributed by atoms with Crippen LogP contribution in [0.1, 0.15) is 11.1 Å². The average Bonchev–Trinajstić information content (AvgIpc) is 2.81. The van der Waals surface area contributed by atoms with E-state index in [-0.39, 0.29) is 0 Å². The molecule has 0 bridgehead atoms. The molecule has 5 nitrogen and oxygen atoms in total. The van der Waals surface area contributed by atoms with Crippen molar-refractivity contribution in [2.75, 3.05) is 11.1 Å². The second-order valence-corrected chi connectivity index (χ2v) is 3.22. The van der Waals surface area contributed by atoms with Crippen molar-refractivity contribution < 1.29 is 4.42 Å². The molecule has 2 aromatic rings. The quantitative estimate of drug-likeness (QED) is 0.812. The molecule has 2 aromatic heterocycles. The summed E-state index contributed by atoms with van der Waals surface area (Å²) in [6.45, 7) is 0.558. The molecule has 0 saturated heterocycles. The average molecular weight is 214 g/mol. The van der Waals surface area contributed by atoms with Crippen molar-refractivity contribution in [3.8, 4) is 6.07 Å². The van der Waals surface area contributed by atoms with Crippen LogP contribution in [-0.2, 0) is 6.54 Å². The lowest BCUT2D eigenvalue weighted by Crippen LogP contribution is -2.05. The maximum Gasteiger partial charge on any atom is 0.150 e. The van der Waals surface area contributed by atoms with Crippen molar-refractivity contribution in [2.45, 2.75) is 6.54 Å². The molecule has 0 unspecified atom stereocenters. The molecule has 0 aliphatic carbocycles. The van der Waals surface area contributed by atoms with Gasteiger partial charge in [-0.15, -0.1) is 0 Å². The molecule has 0 saturated carbocycles. The Labute approximate surface area is 92.5 Å². The minimum absolute atomic E-state index is 0.369. The van der Waals surface area contributed by atoms with Crippen LogP contribution >= 0.6 is 0 Å². The van der Waals surface area contributed by atoms with Gasteiger partial charge >= 0.3 is 0 Å². The van der Waals surface area contributed by atoms with E-state index in [4.69, 9.17) is 15.4 Å². The normalized spacial score (nSPS) is 9.69. The Kier molecular flexibility index (Phi) is 2.74. The molecule has 0 atom stereocenters. The molecule has 2 heterocycles. The summed E-state index contributed by atoms with van der Waals surface area (Å²) in [5.74, 6) is 0.514. The summed E-state index contributed by atoms with van der Waals surface area (Å²) < 4.78 is 4.93. The number of hydrogen-bond acceptors (Lipinski definition) is 5. The molecule has 0 aliphatic rings. The summed E-state index contributed by atoms with van der Waals surface area (Å²) in [6, 6.07) is 5.43. The summed E-state index contributed by atoms with van der Waals surface area (Å²) in [4.78, 5) is 4.07. The van der Waals surface area contributed by atoms with Gasteiger partial charge in [0.25, 0.3) is 0 Å². The van der Waals surface area contributed by atoms with Crippen molar-refractivity contribution in [1.82, 2.24) is 4.98 Å². The minimum Gasteiger partial charge on any atom is -0.472 e. The fourth-order valence-corrected chi connectivity index (χ4v) is 1.29. The number of nitrogens with one attached hydrogen (secondary N) is 1. The first-order valence-electron chi connectivity index (χ1n) is 4.71. The Morgan fingerprint density at radius 3 is 3.06 bits per heavy atom. The molecule has 0 aliphatic heterocycles. The third-order valence-corrected chi connectivity index (χ3v) is 2.15. The highest BCUT2D eigenvalue weighted by Crippen LogP contribution is 2.19. The van der Waals surface area contributed by atoms with Gasteiger partial charge in [-0.1, -0.05) is 0 Å². The van der Waals surface area contributed by atoms with Gasteiger partial charge in [0.1, 0.15) is 6.07 Å². The van der Waals surface area contributed by atoms with Crippen molar-refractivity contribution in [3.05, 3.63) is 42.0 Å². The lowest BCUT2D eigenvalue weighted by atomic mass is 10.2. The standard InChI is InChI=1S/C11H10N4O/c12-5-9-1-3-14-11(10(9)13)15-6-8-2-4-16-7-8/h1-4,7H,6,13H2,(H,14,15). The molecule has 0 fully saturated rings. The van der Waals surface area contributed by atoms with E-state index in [9.17, 15) is 0 Å². The Morgan fingerprint density at radius 2 is 2.38 bits per heavy atom. The molecular weight excluding hydrogens is 204 g/mol. The largest absolute Gasteiger partial charge is 0.472 e. The van der Waals surface area contributed by atoms with Crippen molar-refractivity contribution in [1.29, 1.82) is 5.26 Å². The van der Waals surface area contributed by atoms with E-state index in [1.165, 1.54) is 0 Å². The second-order valence-electron chi connectivity index (χ2n) is 3.22. The van der Waals surface area contributed by atoms with E-state index in [2.05, 4.69) is 10.3 Å². The Hall–Kier alpha value is -2.48. The molecule has 0 radical (unpaired) electrons. The van der Waals surface area contributed by atoms with E-state index < -0.39 is 0 Å². The van der Waals surface area contributed by atoms with Gasteiger partial charge in [-0.3, -0.25) is 0 Å². The van der Waals surface area contributed by atoms with Crippen LogP contribution in [0, 0.1) is 11.3 Å². The minimum atomic E-state index is 0.369. The predicted octanol–water partition coefficient (Wildman–Crippen LogP) is 1.74. The van der Waals surface area contributed by atoms with E-state index in [0.29, 0.717) is 23.6 Å². The highest BCUT2D eigenvalue weighted by Gasteiger charge is 2.05. The van der Waals surface area contributed by atoms with Crippen LogP contribution in [0.15, 0.2) is 35.3 Å². The molecule has 80 valence electrons. The van der Waals surface area contributed by atoms with Crippen LogP contribution in [0.25, 0.3) is 0 Å². The van der Waals surface area contributed by atoms with E-state index in [0.717, 1.165) is 5.56 Å². The first-order valence-corrected chi connectivity index (χ1v) is 4.71. The fraction of sp³-hybridized carbons (Fsp3) is 0.0909. The van der Waals surface area contributed by atoms with Gasteiger partial charge in [-0.05, 0) is 12.1 Å². The molecule has 16 heavy (non-hydrogen) atoms. The molecule has 2 rings (SSSR count). The molecule has 5 heteroatoms. The van der Waals surface area contributed by atoms with Crippen LogP contribution in [0.4, 0.5) is 11.5 Å². The lowest BCUT2D eigenvalue weighted by molar-refractivity contribution is 0.564. The van der Waals surface area contributed by atoms with Crippen LogP contribution < -0.4 is 11.1 Å². The second kappa shape index (κ2) is 4.36. The molecule has 0 aromatic carbocycles. The van der Waals surface area contributed by atoms with Crippen molar-refractivity contribution >= 4 is 11.5 Å². The SMILES string of the molecule is N#Cc1ccnc(NCc2ccoc2)c1N. The van der Waals surface area contributed by atoms with Gasteiger partial charge in [0.2, 0.25) is 0 Å². The zero-order valence-electron chi connectivity index (χ0n) is 8.47. The Balaban J connectivity index is 2.13. The number of anilines is 2. The van der Waals surface area contributed by atoms with E-state index >= 15 is 0 Å². The molecular formula is C11H10N4O. The summed E-state index contributed by atoms with van der Waals surface area (Å²) in [5, 5.41) is 11.8. The third-order valence-electron chi connectivity index (χ3n) is 2.15. The van der Waals surface area contributed by atoms with Gasteiger partial charge in [0.15, 0.2) is 5.82 Å². The van der Waals surface area contributed by atoms with Crippen LogP contribution in [0.3, 0.4) is 0 Å². The van der Waals surface area contributed by atoms with Crippen LogP contribution in [0.2, 0.25) is 0 Å². The van der Waals surface area contributed by atoms with Crippen LogP contribution in [-0.4, -0.2) is 4.98 Å². The number of pyridine rings is 1. The predicted molar refractivity (Wildman–Crippen MR) is 59.4 cm³/mol. The Bertz CT molecular complexity index is 513. The highest BCUT2D eigenvalue weighted by molar-refractivity contribution is 5.68. The van der Waals surface area contributed by atoms with Crippen molar-refractivity contribution in [3.63, 3.8) is 0 Å². The first-order chi connectivity index (χ1) is 7.81. The summed E-state index contributed by atoms with van der Waals surface area (Å²) in [6.07, 6.45) is 4.78. The number of nitriles is 1. The zero-order chi connectivity index (χ0) is 11.4. The number of aromatic nitrogens is 1. The molecule has 0 spiro atoms. The fourth-order valence-electron chi connectivity index (χ4n) is 1.29. The number of hydrogen-bond donors (Lipinski definition) is 2. The van der Waals surface area contributed by atoms with Crippen molar-refractivity contribution in [2.24, 2.45) is 0 Å². The summed E-state index contributed by atoms with van der Waals surface area (Å²) >= 11 is 0. The van der Waals surface area contributed by atoms with Gasteiger partial charge in [0, 0.05) is 18.3 Å². The van der Waals surface area contributed by atoms with E-state index in [1.807, 2.05) is 12.1 Å². The number of rotatable bonds is 3. The molecule has 0 amide bonds. The third kappa shape index (κ3) is 1.96. The highest BCUT2D eigenvalue weighted by atomic mass is 16.3. The number of nitrogen functional groups attached to an aromatic ring is 1. The van der Waals surface area contributed by atoms with Crippen LogP contribution in [0.5, 0.6) is 0 Å². The summed E-state index contributed by atoms with van der Waals surface area (Å²) in [7, 11) is 0. The number of nitrogens with zero attached hydrogens (tertiary/aromatic N) is 2. The first kappa shape index (κ1) is 10.1. The van der Waals surface area contributed by atoms with Gasteiger partial charge in [-0.2, -0.15) is 5.26 Å². The maximum atomic E-state index is 8.79. The molecule has 3 N–H and O–H groups in total. The van der Waals surface area contributed by atoms with Gasteiger partial charge in [-0.25, -0.2) is 4.98 Å². The smallest absolute Gasteiger partial charge is 0.150 e. The topological polar surface area (TPSA) is 87.9 Å². The monoisotopic (exact) mass is 214 g/mol. The number of furan rings is 1. The lowest BCUT2D eigenvalue weighted by Gasteiger charge is -2.07.